The summed E-state index contributed by atoms with van der Waals surface area (Å²) in [5.41, 5.74) is 0.282. The molecule has 0 aliphatic heterocycles. The number of alkyl halides is 3. The maximum absolute atomic E-state index is 12.5. The first-order chi connectivity index (χ1) is 7.27. The lowest BCUT2D eigenvalue weighted by molar-refractivity contribution is -0.137. The Labute approximate surface area is 91.5 Å². The zero-order valence-electron chi connectivity index (χ0n) is 9.20. The molecular weight excluding hydrogens is 219 g/mol. The number of carbonyl (C=O) groups is 1. The van der Waals surface area contributed by atoms with E-state index in [0.29, 0.717) is 11.1 Å². The van der Waals surface area contributed by atoms with Gasteiger partial charge in [-0.3, -0.25) is 4.79 Å². The molecule has 0 bridgehead atoms. The third-order valence-corrected chi connectivity index (χ3v) is 2.47. The molecule has 16 heavy (non-hydrogen) atoms. The van der Waals surface area contributed by atoms with Crippen LogP contribution in [0.5, 0.6) is 0 Å². The van der Waals surface area contributed by atoms with E-state index in [4.69, 9.17) is 0 Å². The molecular formula is C11H12F3NO. The van der Waals surface area contributed by atoms with Crippen LogP contribution in [-0.2, 0) is 6.18 Å². The van der Waals surface area contributed by atoms with Gasteiger partial charge >= 0.3 is 6.18 Å². The minimum absolute atomic E-state index is 0.0647. The Bertz CT molecular complexity index is 424. The lowest BCUT2D eigenvalue weighted by atomic mass is 9.99. The Morgan fingerprint density at radius 3 is 2.25 bits per heavy atom. The van der Waals surface area contributed by atoms with E-state index in [1.54, 1.807) is 13.8 Å². The number of hydrogen-bond donors (Lipinski definition) is 1. The quantitative estimate of drug-likeness (QED) is 0.791. The van der Waals surface area contributed by atoms with Gasteiger partial charge in [-0.25, -0.2) is 0 Å². The van der Waals surface area contributed by atoms with Gasteiger partial charge in [0.1, 0.15) is 0 Å². The minimum Gasteiger partial charge on any atom is -0.355 e. The smallest absolute Gasteiger partial charge is 0.355 e. The molecule has 0 aliphatic carbocycles. The van der Waals surface area contributed by atoms with Gasteiger partial charge in [-0.1, -0.05) is 0 Å². The van der Waals surface area contributed by atoms with Crippen molar-refractivity contribution in [3.8, 4) is 0 Å². The Kier molecular flexibility index (Phi) is 3.26. The fourth-order valence-corrected chi connectivity index (χ4v) is 1.39. The molecule has 88 valence electrons. The highest BCUT2D eigenvalue weighted by Gasteiger charge is 2.32. The van der Waals surface area contributed by atoms with Gasteiger partial charge in [-0.15, -0.1) is 0 Å². The van der Waals surface area contributed by atoms with E-state index < -0.39 is 17.6 Å². The number of benzene rings is 1. The average molecular weight is 231 g/mol. The van der Waals surface area contributed by atoms with Crippen LogP contribution in [0.25, 0.3) is 0 Å². The Balaban J connectivity index is 3.39. The number of aryl methyl sites for hydroxylation is 1. The predicted octanol–water partition coefficient (Wildman–Crippen LogP) is 2.68. The highest BCUT2D eigenvalue weighted by atomic mass is 19.4. The molecule has 1 rings (SSSR count). The number of carbonyl (C=O) groups excluding carboxylic acids is 1. The number of amides is 1. The molecule has 0 radical (unpaired) electrons. The highest BCUT2D eigenvalue weighted by Crippen LogP contribution is 2.31. The van der Waals surface area contributed by atoms with Crippen molar-refractivity contribution in [2.45, 2.75) is 20.0 Å². The molecule has 0 aliphatic rings. The van der Waals surface area contributed by atoms with Crippen molar-refractivity contribution < 1.29 is 18.0 Å². The van der Waals surface area contributed by atoms with Crippen LogP contribution in [0.2, 0.25) is 0 Å². The molecule has 0 saturated carbocycles. The van der Waals surface area contributed by atoms with E-state index in [-0.39, 0.29) is 5.56 Å². The third kappa shape index (κ3) is 2.35. The van der Waals surface area contributed by atoms with Gasteiger partial charge in [-0.05, 0) is 37.1 Å². The fraction of sp³-hybridized carbons (Fsp3) is 0.364. The van der Waals surface area contributed by atoms with E-state index in [9.17, 15) is 18.0 Å². The summed E-state index contributed by atoms with van der Waals surface area (Å²) in [5, 5.41) is 2.32. The summed E-state index contributed by atoms with van der Waals surface area (Å²) in [4.78, 5) is 11.4. The largest absolute Gasteiger partial charge is 0.416 e. The van der Waals surface area contributed by atoms with Gasteiger partial charge in [0.2, 0.25) is 0 Å². The van der Waals surface area contributed by atoms with Crippen LogP contribution in [0.15, 0.2) is 12.1 Å². The van der Waals surface area contributed by atoms with Crippen molar-refractivity contribution in [3.63, 3.8) is 0 Å². The standard InChI is InChI=1S/C11H12F3NO/c1-6-4-8(11(12,13)14)5-9(7(6)2)10(16)15-3/h4-5H,1-3H3,(H,15,16). The highest BCUT2D eigenvalue weighted by molar-refractivity contribution is 5.96. The number of halogens is 3. The topological polar surface area (TPSA) is 29.1 Å². The molecule has 0 atom stereocenters. The van der Waals surface area contributed by atoms with Crippen molar-refractivity contribution in [2.75, 3.05) is 7.05 Å². The van der Waals surface area contributed by atoms with Crippen LogP contribution < -0.4 is 5.32 Å². The second kappa shape index (κ2) is 4.15. The lowest BCUT2D eigenvalue weighted by Gasteiger charge is -2.13. The maximum atomic E-state index is 12.5. The van der Waals surface area contributed by atoms with Crippen molar-refractivity contribution in [1.82, 2.24) is 5.32 Å². The van der Waals surface area contributed by atoms with Crippen LogP contribution in [-0.4, -0.2) is 13.0 Å². The van der Waals surface area contributed by atoms with Gasteiger partial charge < -0.3 is 5.32 Å². The number of rotatable bonds is 1. The van der Waals surface area contributed by atoms with E-state index in [2.05, 4.69) is 5.32 Å². The first-order valence-corrected chi connectivity index (χ1v) is 4.68. The van der Waals surface area contributed by atoms with Gasteiger partial charge in [0.15, 0.2) is 0 Å². The molecule has 5 heteroatoms. The van der Waals surface area contributed by atoms with Crippen molar-refractivity contribution in [3.05, 3.63) is 34.4 Å². The second-order valence-corrected chi connectivity index (χ2v) is 3.54. The Hall–Kier alpha value is -1.52. The summed E-state index contributed by atoms with van der Waals surface area (Å²) in [6, 6.07) is 1.92. The summed E-state index contributed by atoms with van der Waals surface area (Å²) in [7, 11) is 1.39. The normalized spacial score (nSPS) is 11.4. The zero-order chi connectivity index (χ0) is 12.5. The van der Waals surface area contributed by atoms with Gasteiger partial charge in [0, 0.05) is 12.6 Å². The molecule has 1 amide bonds. The van der Waals surface area contributed by atoms with Gasteiger partial charge in [-0.2, -0.15) is 13.2 Å². The Morgan fingerprint density at radius 1 is 1.25 bits per heavy atom. The summed E-state index contributed by atoms with van der Waals surface area (Å²) in [6.45, 7) is 3.18. The van der Waals surface area contributed by atoms with Crippen molar-refractivity contribution >= 4 is 5.91 Å². The zero-order valence-corrected chi connectivity index (χ0v) is 9.20. The first kappa shape index (κ1) is 12.5. The van der Waals surface area contributed by atoms with E-state index in [1.165, 1.54) is 7.05 Å². The molecule has 0 saturated heterocycles. The monoisotopic (exact) mass is 231 g/mol. The molecule has 1 N–H and O–H groups in total. The molecule has 1 aromatic carbocycles. The predicted molar refractivity (Wildman–Crippen MR) is 54.3 cm³/mol. The van der Waals surface area contributed by atoms with Gasteiger partial charge in [0.05, 0.1) is 5.56 Å². The van der Waals surface area contributed by atoms with Crippen molar-refractivity contribution in [2.24, 2.45) is 0 Å². The van der Waals surface area contributed by atoms with Crippen LogP contribution in [0, 0.1) is 13.8 Å². The SMILES string of the molecule is CNC(=O)c1cc(C(F)(F)F)cc(C)c1C. The van der Waals surface area contributed by atoms with E-state index in [1.807, 2.05) is 0 Å². The fourth-order valence-electron chi connectivity index (χ4n) is 1.39. The third-order valence-electron chi connectivity index (χ3n) is 2.47. The molecule has 0 heterocycles. The summed E-state index contributed by atoms with van der Waals surface area (Å²) >= 11 is 0. The van der Waals surface area contributed by atoms with Gasteiger partial charge in [0.25, 0.3) is 5.91 Å². The molecule has 0 fully saturated rings. The number of nitrogens with one attached hydrogen (secondary N) is 1. The summed E-state index contributed by atoms with van der Waals surface area (Å²) < 4.78 is 37.5. The summed E-state index contributed by atoms with van der Waals surface area (Å²) in [6.07, 6.45) is -4.43. The van der Waals surface area contributed by atoms with E-state index >= 15 is 0 Å². The van der Waals surface area contributed by atoms with Crippen LogP contribution >= 0.6 is 0 Å². The average Bonchev–Trinajstić information content (AvgIpc) is 2.19. The molecule has 0 aromatic heterocycles. The van der Waals surface area contributed by atoms with Crippen molar-refractivity contribution in [1.29, 1.82) is 0 Å². The van der Waals surface area contributed by atoms with Crippen LogP contribution in [0.1, 0.15) is 27.0 Å². The maximum Gasteiger partial charge on any atom is 0.416 e. The molecule has 0 unspecified atom stereocenters. The minimum atomic E-state index is -4.43. The lowest BCUT2D eigenvalue weighted by Crippen LogP contribution is -2.20. The molecule has 2 nitrogen and oxygen atoms in total. The molecule has 1 aromatic rings. The Morgan fingerprint density at radius 2 is 1.81 bits per heavy atom. The number of hydrogen-bond acceptors (Lipinski definition) is 1. The van der Waals surface area contributed by atoms with Crippen LogP contribution in [0.4, 0.5) is 13.2 Å². The van der Waals surface area contributed by atoms with E-state index in [0.717, 1.165) is 12.1 Å². The summed E-state index contributed by atoms with van der Waals surface area (Å²) in [5.74, 6) is -0.508. The van der Waals surface area contributed by atoms with Crippen LogP contribution in [0.3, 0.4) is 0 Å². The second-order valence-electron chi connectivity index (χ2n) is 3.54. The molecule has 0 spiro atoms. The first-order valence-electron chi connectivity index (χ1n) is 4.68.